The third-order valence-electron chi connectivity index (χ3n) is 3.22. The molecule has 1 aromatic carbocycles. The van der Waals surface area contributed by atoms with Gasteiger partial charge in [0.1, 0.15) is 5.75 Å². The Kier molecular flexibility index (Phi) is 4.13. The van der Waals surface area contributed by atoms with Crippen LogP contribution in [0.1, 0.15) is 24.3 Å². The standard InChI is InChI=1S/C13H19NOS/c1-15-13-9-11(16-2)3-4-12(13)10-5-7-14-8-6-10/h3-4,9-10,14H,5-8H2,1-2H3. The molecule has 1 aliphatic heterocycles. The minimum absolute atomic E-state index is 0.659. The second kappa shape index (κ2) is 5.60. The van der Waals surface area contributed by atoms with Gasteiger partial charge in [0.05, 0.1) is 7.11 Å². The second-order valence-electron chi connectivity index (χ2n) is 4.13. The minimum Gasteiger partial charge on any atom is -0.496 e. The predicted molar refractivity (Wildman–Crippen MR) is 69.6 cm³/mol. The van der Waals surface area contributed by atoms with Gasteiger partial charge >= 0.3 is 0 Å². The van der Waals surface area contributed by atoms with E-state index in [0.29, 0.717) is 5.92 Å². The van der Waals surface area contributed by atoms with Crippen molar-refractivity contribution in [2.75, 3.05) is 26.5 Å². The third kappa shape index (κ3) is 2.53. The Morgan fingerprint density at radius 2 is 2.06 bits per heavy atom. The summed E-state index contributed by atoms with van der Waals surface area (Å²) < 4.78 is 5.51. The van der Waals surface area contributed by atoms with Gasteiger partial charge in [-0.1, -0.05) is 6.07 Å². The smallest absolute Gasteiger partial charge is 0.123 e. The van der Waals surface area contributed by atoms with Crippen LogP contribution in [0.4, 0.5) is 0 Å². The number of hydrogen-bond acceptors (Lipinski definition) is 3. The van der Waals surface area contributed by atoms with Crippen LogP contribution in [0.3, 0.4) is 0 Å². The molecule has 0 aliphatic carbocycles. The first kappa shape index (κ1) is 11.8. The Labute approximate surface area is 102 Å². The lowest BCUT2D eigenvalue weighted by molar-refractivity contribution is 0.390. The topological polar surface area (TPSA) is 21.3 Å². The van der Waals surface area contributed by atoms with E-state index >= 15 is 0 Å². The Hall–Kier alpha value is -0.670. The summed E-state index contributed by atoms with van der Waals surface area (Å²) in [6.07, 6.45) is 4.53. The Bertz CT molecular complexity index is 348. The lowest BCUT2D eigenvalue weighted by atomic mass is 9.89. The highest BCUT2D eigenvalue weighted by Gasteiger charge is 2.18. The summed E-state index contributed by atoms with van der Waals surface area (Å²) in [5, 5.41) is 3.40. The van der Waals surface area contributed by atoms with Crippen LogP contribution in [0.15, 0.2) is 23.1 Å². The summed E-state index contributed by atoms with van der Waals surface area (Å²) in [6.45, 7) is 2.25. The zero-order chi connectivity index (χ0) is 11.4. The summed E-state index contributed by atoms with van der Waals surface area (Å²) in [5.41, 5.74) is 1.38. The van der Waals surface area contributed by atoms with Crippen molar-refractivity contribution in [3.63, 3.8) is 0 Å². The molecule has 0 spiro atoms. The molecule has 2 nitrogen and oxygen atoms in total. The number of nitrogens with one attached hydrogen (secondary N) is 1. The first-order chi connectivity index (χ1) is 7.85. The maximum atomic E-state index is 5.51. The summed E-state index contributed by atoms with van der Waals surface area (Å²) in [5.74, 6) is 1.71. The van der Waals surface area contributed by atoms with E-state index in [9.17, 15) is 0 Å². The molecule has 0 atom stereocenters. The zero-order valence-electron chi connectivity index (χ0n) is 9.95. The maximum Gasteiger partial charge on any atom is 0.123 e. The van der Waals surface area contributed by atoms with Crippen LogP contribution in [-0.2, 0) is 0 Å². The Balaban J connectivity index is 2.24. The fourth-order valence-corrected chi connectivity index (χ4v) is 2.72. The van der Waals surface area contributed by atoms with Gasteiger partial charge in [-0.25, -0.2) is 0 Å². The highest BCUT2D eigenvalue weighted by atomic mass is 32.2. The second-order valence-corrected chi connectivity index (χ2v) is 5.01. The fraction of sp³-hybridized carbons (Fsp3) is 0.538. The lowest BCUT2D eigenvalue weighted by Gasteiger charge is -2.24. The van der Waals surface area contributed by atoms with Crippen LogP contribution < -0.4 is 10.1 Å². The van der Waals surface area contributed by atoms with Crippen LogP contribution in [0.2, 0.25) is 0 Å². The molecule has 0 radical (unpaired) electrons. The van der Waals surface area contributed by atoms with E-state index in [-0.39, 0.29) is 0 Å². The van der Waals surface area contributed by atoms with Crippen molar-refractivity contribution in [3.05, 3.63) is 23.8 Å². The summed E-state index contributed by atoms with van der Waals surface area (Å²) in [7, 11) is 1.77. The van der Waals surface area contributed by atoms with Crippen LogP contribution in [0, 0.1) is 0 Å². The first-order valence-corrected chi connectivity index (χ1v) is 7.00. The average molecular weight is 237 g/mol. The SMILES string of the molecule is COc1cc(SC)ccc1C1CCNCC1. The van der Waals surface area contributed by atoms with Gasteiger partial charge in [0.2, 0.25) is 0 Å². The van der Waals surface area contributed by atoms with Crippen molar-refractivity contribution >= 4 is 11.8 Å². The molecule has 0 bridgehead atoms. The zero-order valence-corrected chi connectivity index (χ0v) is 10.8. The van der Waals surface area contributed by atoms with Gasteiger partial charge in [-0.15, -0.1) is 11.8 Å². The van der Waals surface area contributed by atoms with Crippen molar-refractivity contribution in [3.8, 4) is 5.75 Å². The molecule has 1 fully saturated rings. The quantitative estimate of drug-likeness (QED) is 0.817. The predicted octanol–water partition coefficient (Wildman–Crippen LogP) is 2.88. The Morgan fingerprint density at radius 1 is 1.31 bits per heavy atom. The molecule has 1 aromatic rings. The molecular weight excluding hydrogens is 218 g/mol. The molecule has 1 N–H and O–H groups in total. The van der Waals surface area contributed by atoms with Crippen molar-refractivity contribution in [1.82, 2.24) is 5.32 Å². The van der Waals surface area contributed by atoms with E-state index in [4.69, 9.17) is 4.74 Å². The van der Waals surface area contributed by atoms with Crippen LogP contribution >= 0.6 is 11.8 Å². The molecular formula is C13H19NOS. The van der Waals surface area contributed by atoms with Gasteiger partial charge < -0.3 is 10.1 Å². The van der Waals surface area contributed by atoms with E-state index in [1.165, 1.54) is 23.3 Å². The lowest BCUT2D eigenvalue weighted by Crippen LogP contribution is -2.26. The Morgan fingerprint density at radius 3 is 2.69 bits per heavy atom. The first-order valence-electron chi connectivity index (χ1n) is 5.78. The van der Waals surface area contributed by atoms with Gasteiger partial charge in [-0.2, -0.15) is 0 Å². The number of piperidine rings is 1. The van der Waals surface area contributed by atoms with Crippen molar-refractivity contribution in [2.45, 2.75) is 23.7 Å². The molecule has 3 heteroatoms. The third-order valence-corrected chi connectivity index (χ3v) is 3.94. The molecule has 0 amide bonds. The number of rotatable bonds is 3. The number of hydrogen-bond donors (Lipinski definition) is 1. The van der Waals surface area contributed by atoms with E-state index in [2.05, 4.69) is 29.8 Å². The molecule has 1 saturated heterocycles. The molecule has 0 aromatic heterocycles. The summed E-state index contributed by atoms with van der Waals surface area (Å²) in [4.78, 5) is 1.27. The van der Waals surface area contributed by atoms with E-state index in [0.717, 1.165) is 18.8 Å². The maximum absolute atomic E-state index is 5.51. The number of methoxy groups -OCH3 is 1. The highest BCUT2D eigenvalue weighted by molar-refractivity contribution is 7.98. The minimum atomic E-state index is 0.659. The van der Waals surface area contributed by atoms with Crippen LogP contribution in [0.25, 0.3) is 0 Å². The normalized spacial score (nSPS) is 17.4. The molecule has 1 aliphatic rings. The van der Waals surface area contributed by atoms with Gasteiger partial charge in [0, 0.05) is 4.90 Å². The molecule has 2 rings (SSSR count). The fourth-order valence-electron chi connectivity index (χ4n) is 2.29. The van der Waals surface area contributed by atoms with E-state index in [1.54, 1.807) is 18.9 Å². The summed E-state index contributed by atoms with van der Waals surface area (Å²) >= 11 is 1.76. The van der Waals surface area contributed by atoms with Crippen molar-refractivity contribution in [1.29, 1.82) is 0 Å². The molecule has 16 heavy (non-hydrogen) atoms. The van der Waals surface area contributed by atoms with Crippen molar-refractivity contribution in [2.24, 2.45) is 0 Å². The van der Waals surface area contributed by atoms with E-state index < -0.39 is 0 Å². The highest BCUT2D eigenvalue weighted by Crippen LogP contribution is 2.34. The van der Waals surface area contributed by atoms with Crippen LogP contribution in [0.5, 0.6) is 5.75 Å². The molecule has 1 heterocycles. The van der Waals surface area contributed by atoms with E-state index in [1.807, 2.05) is 0 Å². The van der Waals surface area contributed by atoms with Gasteiger partial charge in [-0.3, -0.25) is 0 Å². The molecule has 0 unspecified atom stereocenters. The van der Waals surface area contributed by atoms with Crippen molar-refractivity contribution < 1.29 is 4.74 Å². The molecule has 88 valence electrons. The summed E-state index contributed by atoms with van der Waals surface area (Å²) in [6, 6.07) is 6.59. The van der Waals surface area contributed by atoms with Gasteiger partial charge in [0.25, 0.3) is 0 Å². The number of thioether (sulfide) groups is 1. The number of benzene rings is 1. The van der Waals surface area contributed by atoms with Gasteiger partial charge in [-0.05, 0) is 55.8 Å². The van der Waals surface area contributed by atoms with Gasteiger partial charge in [0.15, 0.2) is 0 Å². The largest absolute Gasteiger partial charge is 0.496 e. The number of ether oxygens (including phenoxy) is 1. The van der Waals surface area contributed by atoms with Crippen LogP contribution in [-0.4, -0.2) is 26.5 Å². The monoisotopic (exact) mass is 237 g/mol. The average Bonchev–Trinajstić information content (AvgIpc) is 2.39. The molecule has 0 saturated carbocycles.